The third kappa shape index (κ3) is 28.6. The minimum Gasteiger partial charge on any atom is -0.462 e. The van der Waals surface area contributed by atoms with Crippen molar-refractivity contribution < 1.29 is 71.0 Å². The molecule has 2 aliphatic heterocycles. The van der Waals surface area contributed by atoms with E-state index < -0.39 is 83.7 Å². The van der Waals surface area contributed by atoms with Crippen LogP contribution in [0.15, 0.2) is 53.5 Å². The zero-order valence-electron chi connectivity index (χ0n) is 43.1. The summed E-state index contributed by atoms with van der Waals surface area (Å²) in [7, 11) is -10.9. The molecule has 0 bridgehead atoms. The molecule has 0 radical (unpaired) electrons. The van der Waals surface area contributed by atoms with Gasteiger partial charge in [0.05, 0.1) is 25.4 Å². The van der Waals surface area contributed by atoms with E-state index in [4.69, 9.17) is 33.7 Å². The van der Waals surface area contributed by atoms with Gasteiger partial charge in [0.15, 0.2) is 12.3 Å². The van der Waals surface area contributed by atoms with Crippen LogP contribution in [0.5, 0.6) is 0 Å². The lowest BCUT2D eigenvalue weighted by molar-refractivity contribution is -0.161. The van der Waals surface area contributed by atoms with Gasteiger partial charge in [-0.1, -0.05) is 160 Å². The summed E-state index contributed by atoms with van der Waals surface area (Å²) in [5, 5.41) is 20.9. The average Bonchev–Trinajstić information content (AvgIpc) is 4.01. The molecular weight excluding hydrogens is 973 g/mol. The highest BCUT2D eigenvalue weighted by Crippen LogP contribution is 2.60. The van der Waals surface area contributed by atoms with Crippen molar-refractivity contribution in [3.63, 3.8) is 0 Å². The first-order valence-electron chi connectivity index (χ1n) is 26.5. The van der Waals surface area contributed by atoms with Crippen molar-refractivity contribution in [1.29, 1.82) is 0 Å². The molecule has 0 amide bonds. The first-order valence-corrected chi connectivity index (χ1v) is 29.5. The quantitative estimate of drug-likeness (QED) is 0.0134. The molecule has 0 aliphatic carbocycles. The maximum atomic E-state index is 12.9. The topological polar surface area (TPSA) is 278 Å². The molecule has 4 unspecified atom stereocenters. The maximum absolute atomic E-state index is 12.9. The Morgan fingerprint density at radius 2 is 1.33 bits per heavy atom. The Morgan fingerprint density at radius 1 is 0.736 bits per heavy atom. The van der Waals surface area contributed by atoms with Crippen LogP contribution in [-0.4, -0.2) is 97.9 Å². The van der Waals surface area contributed by atoms with Crippen LogP contribution in [0.4, 0.5) is 5.82 Å². The fourth-order valence-corrected chi connectivity index (χ4v) is 10.2. The van der Waals surface area contributed by atoms with Crippen LogP contribution in [-0.2, 0) is 51.0 Å². The van der Waals surface area contributed by atoms with Gasteiger partial charge in [0.2, 0.25) is 0 Å². The summed E-state index contributed by atoms with van der Waals surface area (Å²) in [5.41, 5.74) is 4.59. The fourth-order valence-electron chi connectivity index (χ4n) is 8.11. The lowest BCUT2D eigenvalue weighted by atomic mass is 10.0. The van der Waals surface area contributed by atoms with E-state index in [1.807, 2.05) is 12.2 Å². The minimum atomic E-state index is -5.44. The summed E-state index contributed by atoms with van der Waals surface area (Å²) in [6, 6.07) is 1.25. The molecule has 3 rings (SSSR count). The first kappa shape index (κ1) is 63.2. The predicted molar refractivity (Wildman–Crippen MR) is 274 cm³/mol. The Hall–Kier alpha value is -3.06. The number of phosphoric acid groups is 2. The highest BCUT2D eigenvalue weighted by atomic mass is 31.3. The molecular formula is C51H87N3O16P2. The fraction of sp³-hybridized carbons (Fsp3) is 0.765. The molecule has 9 atom stereocenters. The van der Waals surface area contributed by atoms with Gasteiger partial charge in [-0.25, -0.2) is 13.9 Å². The molecule has 0 aromatic carbocycles. The van der Waals surface area contributed by atoms with E-state index in [1.165, 1.54) is 83.1 Å². The number of aliphatic hydroxyl groups is 2. The smallest absolute Gasteiger partial charge is 0.462 e. The van der Waals surface area contributed by atoms with E-state index >= 15 is 0 Å². The molecule has 1 aromatic rings. The third-order valence-corrected chi connectivity index (χ3v) is 14.9. The number of allylic oxidation sites excluding steroid dienone is 5. The number of nitrogens with zero attached hydrogens (tertiary/aromatic N) is 2. The van der Waals surface area contributed by atoms with Crippen molar-refractivity contribution >= 4 is 33.4 Å². The number of unbranched alkanes of at least 4 members (excludes halogenated alkanes) is 15. The van der Waals surface area contributed by atoms with Gasteiger partial charge in [0.25, 0.3) is 0 Å². The molecule has 1 aromatic heterocycles. The molecule has 2 aliphatic rings. The number of aliphatic hydroxyl groups excluding tert-OH is 2. The minimum absolute atomic E-state index is 0.0381. The second kappa shape index (κ2) is 36.0. The van der Waals surface area contributed by atoms with Crippen molar-refractivity contribution in [2.24, 2.45) is 5.92 Å². The van der Waals surface area contributed by atoms with Gasteiger partial charge >= 0.3 is 33.3 Å². The molecule has 0 spiro atoms. The number of carbonyl (C=O) groups is 2. The molecule has 2 fully saturated rings. The van der Waals surface area contributed by atoms with Gasteiger partial charge in [-0.3, -0.25) is 23.2 Å². The predicted octanol–water partition coefficient (Wildman–Crippen LogP) is 10.0. The van der Waals surface area contributed by atoms with E-state index in [-0.39, 0.29) is 18.7 Å². The molecule has 2 saturated heterocycles. The lowest BCUT2D eigenvalue weighted by Gasteiger charge is -2.21. The number of epoxide rings is 1. The van der Waals surface area contributed by atoms with Gasteiger partial charge in [0.1, 0.15) is 30.7 Å². The van der Waals surface area contributed by atoms with Crippen molar-refractivity contribution in [1.82, 2.24) is 9.55 Å². The van der Waals surface area contributed by atoms with Crippen LogP contribution >= 0.6 is 15.6 Å². The van der Waals surface area contributed by atoms with Crippen LogP contribution in [0, 0.1) is 5.92 Å². The molecule has 6 N–H and O–H groups in total. The molecule has 3 heterocycles. The number of phosphoric ester groups is 2. The number of carbonyl (C=O) groups excluding carboxylic acids is 2. The van der Waals surface area contributed by atoms with Crippen LogP contribution < -0.4 is 11.4 Å². The summed E-state index contributed by atoms with van der Waals surface area (Å²) in [6.07, 6.45) is 31.2. The highest BCUT2D eigenvalue weighted by Gasteiger charge is 2.46. The largest absolute Gasteiger partial charge is 0.481 e. The van der Waals surface area contributed by atoms with Crippen LogP contribution in [0.3, 0.4) is 0 Å². The van der Waals surface area contributed by atoms with Crippen LogP contribution in [0.2, 0.25) is 0 Å². The second-order valence-electron chi connectivity index (χ2n) is 19.2. The monoisotopic (exact) mass is 1060 g/mol. The number of esters is 2. The van der Waals surface area contributed by atoms with E-state index in [0.29, 0.717) is 31.5 Å². The van der Waals surface area contributed by atoms with Gasteiger partial charge in [-0.2, -0.15) is 9.29 Å². The van der Waals surface area contributed by atoms with E-state index in [9.17, 15) is 43.5 Å². The summed E-state index contributed by atoms with van der Waals surface area (Å²) >= 11 is 0. The average molecular weight is 1060 g/mol. The van der Waals surface area contributed by atoms with E-state index in [2.05, 4.69) is 54.4 Å². The normalized spacial score (nSPS) is 22.2. The number of rotatable bonds is 42. The molecule has 21 heteroatoms. The third-order valence-electron chi connectivity index (χ3n) is 12.3. The second-order valence-corrected chi connectivity index (χ2v) is 22.3. The van der Waals surface area contributed by atoms with Crippen molar-refractivity contribution in [3.8, 4) is 0 Å². The summed E-state index contributed by atoms with van der Waals surface area (Å²) in [4.78, 5) is 62.0. The Bertz CT molecular complexity index is 1930. The van der Waals surface area contributed by atoms with Gasteiger partial charge < -0.3 is 44.7 Å². The Kier molecular flexibility index (Phi) is 31.6. The Labute approximate surface area is 427 Å². The molecule has 412 valence electrons. The standard InChI is InChI=1S/C51H87N3O16P2/c1-4-5-25-31-42-43(68-42)32-27-22-18-14-11-12-15-19-23-28-33-46(55)64-37-41(67-47(56)34-29-24-20-16-10-8-6-7-9-13-17-21-26-30-40(2)3)38-65-71(60,61)70-72(62,63)66-39-44-48(57)49(58)50(69-44)54-36-35-45(52)53-51(54)59/h11,14-15,19,22,27,35-36,40-44,48-50,57-58H,4-10,12-13,16-18,20-21,23-26,28-34,37-39H2,1-3H3,(H,60,61)(H,62,63)(H2,52,53,59)/b14-11-,19-15-,27-22-/t41-,42?,43?,44-,48-,49-,50-/m1/s1. The van der Waals surface area contributed by atoms with E-state index in [1.54, 1.807) is 0 Å². The zero-order chi connectivity index (χ0) is 52.6. The number of aromatic nitrogens is 2. The maximum Gasteiger partial charge on any atom is 0.481 e. The molecule has 0 saturated carbocycles. The molecule has 72 heavy (non-hydrogen) atoms. The van der Waals surface area contributed by atoms with Gasteiger partial charge in [-0.05, 0) is 56.9 Å². The number of anilines is 1. The summed E-state index contributed by atoms with van der Waals surface area (Å²) in [5.74, 6) is -0.583. The zero-order valence-corrected chi connectivity index (χ0v) is 44.9. The lowest BCUT2D eigenvalue weighted by Crippen LogP contribution is -2.36. The summed E-state index contributed by atoms with van der Waals surface area (Å²) in [6.45, 7) is 4.39. The van der Waals surface area contributed by atoms with Crippen LogP contribution in [0.1, 0.15) is 188 Å². The van der Waals surface area contributed by atoms with Gasteiger partial charge in [-0.15, -0.1) is 0 Å². The number of nitrogens with two attached hydrogens (primary N) is 1. The SMILES string of the molecule is CCCCCC1OC1C/C=C\C/C=C\C/C=C\CCCC(=O)OC[C@H](COP(=O)(O)OP(=O)(O)OC[C@H]1O[C@@H](n2ccc(N)nc2=O)[C@H](O)[C@@H]1O)OC(=O)CCCCCCCCCCCCCCCC(C)C. The van der Waals surface area contributed by atoms with Crippen molar-refractivity contribution in [3.05, 3.63) is 59.2 Å². The molecule has 19 nitrogen and oxygen atoms in total. The Morgan fingerprint density at radius 3 is 1.97 bits per heavy atom. The number of nitrogen functional groups attached to an aromatic ring is 1. The first-order chi connectivity index (χ1) is 34.5. The Balaban J connectivity index is 1.40. The summed E-state index contributed by atoms with van der Waals surface area (Å²) < 4.78 is 62.5. The van der Waals surface area contributed by atoms with Crippen molar-refractivity contribution in [2.45, 2.75) is 224 Å². The number of hydrogen-bond acceptors (Lipinski definition) is 16. The van der Waals surface area contributed by atoms with Crippen LogP contribution in [0.25, 0.3) is 0 Å². The van der Waals surface area contributed by atoms with E-state index in [0.717, 1.165) is 68.0 Å². The number of ether oxygens (including phenoxy) is 4. The van der Waals surface area contributed by atoms with Crippen molar-refractivity contribution in [2.75, 3.05) is 25.6 Å². The number of hydrogen-bond donors (Lipinski definition) is 5. The van der Waals surface area contributed by atoms with Gasteiger partial charge in [0, 0.05) is 19.0 Å². The highest BCUT2D eigenvalue weighted by molar-refractivity contribution is 7.61.